The number of nitrogens with two attached hydrogens (primary N) is 1. The first-order valence-electron chi connectivity index (χ1n) is 5.08. The van der Waals surface area contributed by atoms with Crippen LogP contribution in [0.5, 0.6) is 0 Å². The number of rotatable bonds is 4. The fraction of sp³-hybridized carbons (Fsp3) is 0. The van der Waals surface area contributed by atoms with Gasteiger partial charge in [0.1, 0.15) is 11.6 Å². The summed E-state index contributed by atoms with van der Waals surface area (Å²) in [5.74, 6) is 5.67. The molecule has 0 unspecified atom stereocenters. The SMILES string of the molecule is NNc1cc(S(=O)(=O)Nc2ccc(Br)cn2)ccn1. The molecule has 0 aliphatic rings. The van der Waals surface area contributed by atoms with Gasteiger partial charge in [0.15, 0.2) is 0 Å². The van der Waals surface area contributed by atoms with Crippen molar-refractivity contribution >= 4 is 37.6 Å². The van der Waals surface area contributed by atoms with Gasteiger partial charge in [0.2, 0.25) is 0 Å². The second-order valence-corrected chi connectivity index (χ2v) is 6.09. The summed E-state index contributed by atoms with van der Waals surface area (Å²) in [5.41, 5.74) is 2.29. The maximum atomic E-state index is 12.1. The van der Waals surface area contributed by atoms with E-state index >= 15 is 0 Å². The van der Waals surface area contributed by atoms with Crippen LogP contribution in [0.25, 0.3) is 0 Å². The smallest absolute Gasteiger partial charge is 0.263 e. The van der Waals surface area contributed by atoms with Crippen LogP contribution in [-0.2, 0) is 10.0 Å². The van der Waals surface area contributed by atoms with Crippen LogP contribution in [0.2, 0.25) is 0 Å². The number of hydrogen-bond acceptors (Lipinski definition) is 6. The first-order chi connectivity index (χ1) is 9.01. The van der Waals surface area contributed by atoms with Crippen LogP contribution in [0.3, 0.4) is 0 Å². The number of nitrogens with one attached hydrogen (secondary N) is 2. The van der Waals surface area contributed by atoms with E-state index in [1.165, 1.54) is 24.5 Å². The van der Waals surface area contributed by atoms with Gasteiger partial charge in [-0.25, -0.2) is 24.2 Å². The average molecular weight is 344 g/mol. The van der Waals surface area contributed by atoms with Crippen molar-refractivity contribution < 1.29 is 8.42 Å². The lowest BCUT2D eigenvalue weighted by molar-refractivity contribution is 0.601. The number of hydrazine groups is 1. The molecule has 2 heterocycles. The highest BCUT2D eigenvalue weighted by molar-refractivity contribution is 9.10. The molecule has 0 bridgehead atoms. The first kappa shape index (κ1) is 13.7. The molecule has 0 radical (unpaired) electrons. The van der Waals surface area contributed by atoms with Gasteiger partial charge in [-0.05, 0) is 34.1 Å². The van der Waals surface area contributed by atoms with E-state index in [0.717, 1.165) is 4.47 Å². The standard InChI is InChI=1S/C10H10BrN5O2S/c11-7-1-2-9(14-6-7)16-19(17,18)8-3-4-13-10(5-8)15-12/h1-6H,12H2,(H,13,15)(H,14,16). The van der Waals surface area contributed by atoms with Crippen molar-refractivity contribution in [2.24, 2.45) is 5.84 Å². The summed E-state index contributed by atoms with van der Waals surface area (Å²) in [7, 11) is -3.72. The quantitative estimate of drug-likeness (QED) is 0.570. The highest BCUT2D eigenvalue weighted by atomic mass is 79.9. The van der Waals surface area contributed by atoms with Crippen molar-refractivity contribution in [2.75, 3.05) is 10.1 Å². The molecule has 9 heteroatoms. The lowest BCUT2D eigenvalue weighted by Gasteiger charge is -2.08. The predicted molar refractivity (Wildman–Crippen MR) is 74.8 cm³/mol. The second-order valence-electron chi connectivity index (χ2n) is 3.49. The molecule has 0 aromatic carbocycles. The van der Waals surface area contributed by atoms with E-state index in [0.29, 0.717) is 0 Å². The Labute approximate surface area is 118 Å². The van der Waals surface area contributed by atoms with Crippen molar-refractivity contribution in [2.45, 2.75) is 4.90 Å². The minimum atomic E-state index is -3.72. The summed E-state index contributed by atoms with van der Waals surface area (Å²) in [6, 6.07) is 5.92. The van der Waals surface area contributed by atoms with Crippen molar-refractivity contribution in [3.05, 3.63) is 41.1 Å². The van der Waals surface area contributed by atoms with E-state index in [1.54, 1.807) is 12.1 Å². The molecule has 0 aliphatic carbocycles. The number of aromatic nitrogens is 2. The van der Waals surface area contributed by atoms with E-state index in [-0.39, 0.29) is 16.5 Å². The Morgan fingerprint density at radius 2 is 1.95 bits per heavy atom. The van der Waals surface area contributed by atoms with Crippen LogP contribution in [0.4, 0.5) is 11.6 Å². The fourth-order valence-corrected chi connectivity index (χ4v) is 2.55. The van der Waals surface area contributed by atoms with Gasteiger partial charge in [-0.1, -0.05) is 0 Å². The molecule has 2 aromatic rings. The van der Waals surface area contributed by atoms with Gasteiger partial charge in [0.05, 0.1) is 4.90 Å². The number of pyridine rings is 2. The summed E-state index contributed by atoms with van der Waals surface area (Å²) in [6.45, 7) is 0. The molecule has 0 atom stereocenters. The molecule has 7 nitrogen and oxygen atoms in total. The second kappa shape index (κ2) is 5.51. The highest BCUT2D eigenvalue weighted by Crippen LogP contribution is 2.17. The van der Waals surface area contributed by atoms with Gasteiger partial charge >= 0.3 is 0 Å². The molecule has 0 spiro atoms. The van der Waals surface area contributed by atoms with E-state index in [2.05, 4.69) is 36.0 Å². The van der Waals surface area contributed by atoms with Crippen LogP contribution in [-0.4, -0.2) is 18.4 Å². The minimum absolute atomic E-state index is 0.0418. The summed E-state index contributed by atoms with van der Waals surface area (Å²) in [6.07, 6.45) is 2.84. The third kappa shape index (κ3) is 3.40. The van der Waals surface area contributed by atoms with Crippen molar-refractivity contribution in [3.63, 3.8) is 0 Å². The van der Waals surface area contributed by atoms with Crippen LogP contribution in [0.1, 0.15) is 0 Å². The zero-order chi connectivity index (χ0) is 13.9. The Kier molecular flexibility index (Phi) is 3.98. The van der Waals surface area contributed by atoms with Gasteiger partial charge in [0.25, 0.3) is 10.0 Å². The van der Waals surface area contributed by atoms with Gasteiger partial charge in [0, 0.05) is 22.9 Å². The predicted octanol–water partition coefficient (Wildman–Crippen LogP) is 1.33. The molecule has 19 heavy (non-hydrogen) atoms. The summed E-state index contributed by atoms with van der Waals surface area (Å²) in [5, 5.41) is 0. The Morgan fingerprint density at radius 1 is 1.16 bits per heavy atom. The number of hydrogen-bond donors (Lipinski definition) is 3. The van der Waals surface area contributed by atoms with Crippen LogP contribution < -0.4 is 16.0 Å². The van der Waals surface area contributed by atoms with Crippen molar-refractivity contribution in [1.82, 2.24) is 9.97 Å². The monoisotopic (exact) mass is 343 g/mol. The topological polar surface area (TPSA) is 110 Å². The fourth-order valence-electron chi connectivity index (χ4n) is 1.29. The van der Waals surface area contributed by atoms with Crippen molar-refractivity contribution in [1.29, 1.82) is 0 Å². The van der Waals surface area contributed by atoms with E-state index in [4.69, 9.17) is 5.84 Å². The van der Waals surface area contributed by atoms with Gasteiger partial charge < -0.3 is 5.43 Å². The third-order valence-corrected chi connectivity index (χ3v) is 3.98. The molecular weight excluding hydrogens is 334 g/mol. The Balaban J connectivity index is 2.29. The molecule has 0 saturated heterocycles. The number of sulfonamides is 1. The first-order valence-corrected chi connectivity index (χ1v) is 7.36. The molecule has 0 amide bonds. The third-order valence-electron chi connectivity index (χ3n) is 2.16. The van der Waals surface area contributed by atoms with Gasteiger partial charge in [-0.15, -0.1) is 0 Å². The zero-order valence-corrected chi connectivity index (χ0v) is 11.9. The van der Waals surface area contributed by atoms with Gasteiger partial charge in [-0.3, -0.25) is 4.72 Å². The number of nitrogens with zero attached hydrogens (tertiary/aromatic N) is 2. The van der Waals surface area contributed by atoms with E-state index in [9.17, 15) is 8.42 Å². The molecule has 2 rings (SSSR count). The van der Waals surface area contributed by atoms with Crippen molar-refractivity contribution in [3.8, 4) is 0 Å². The molecular formula is C10H10BrN5O2S. The Hall–Kier alpha value is -1.71. The Bertz CT molecular complexity index is 675. The van der Waals surface area contributed by atoms with Crippen LogP contribution in [0, 0.1) is 0 Å². The molecule has 0 fully saturated rings. The number of nitrogen functional groups attached to an aromatic ring is 1. The lowest BCUT2D eigenvalue weighted by atomic mass is 10.5. The largest absolute Gasteiger partial charge is 0.308 e. The average Bonchev–Trinajstić information content (AvgIpc) is 2.41. The molecule has 2 aromatic heterocycles. The summed E-state index contributed by atoms with van der Waals surface area (Å²) < 4.78 is 27.3. The maximum Gasteiger partial charge on any atom is 0.263 e. The Morgan fingerprint density at radius 3 is 2.58 bits per heavy atom. The normalized spacial score (nSPS) is 11.1. The zero-order valence-electron chi connectivity index (χ0n) is 9.54. The summed E-state index contributed by atoms with van der Waals surface area (Å²) >= 11 is 3.22. The molecule has 0 saturated carbocycles. The number of halogens is 1. The lowest BCUT2D eigenvalue weighted by Crippen LogP contribution is -2.15. The van der Waals surface area contributed by atoms with E-state index < -0.39 is 10.0 Å². The molecule has 4 N–H and O–H groups in total. The molecule has 100 valence electrons. The highest BCUT2D eigenvalue weighted by Gasteiger charge is 2.15. The summed E-state index contributed by atoms with van der Waals surface area (Å²) in [4.78, 5) is 7.82. The number of anilines is 2. The van der Waals surface area contributed by atoms with Crippen LogP contribution in [0.15, 0.2) is 46.0 Å². The maximum absolute atomic E-state index is 12.1. The molecule has 0 aliphatic heterocycles. The van der Waals surface area contributed by atoms with Gasteiger partial charge in [-0.2, -0.15) is 0 Å². The minimum Gasteiger partial charge on any atom is -0.308 e. The van der Waals surface area contributed by atoms with E-state index in [1.807, 2.05) is 0 Å². The van der Waals surface area contributed by atoms with Crippen LogP contribution >= 0.6 is 15.9 Å².